The maximum Gasteiger partial charge on any atom is 0.151 e. The summed E-state index contributed by atoms with van der Waals surface area (Å²) >= 11 is 0. The van der Waals surface area contributed by atoms with Gasteiger partial charge in [0.2, 0.25) is 0 Å². The Labute approximate surface area is 127 Å². The molecule has 2 aromatic heterocycles. The number of hydrogen-bond acceptors (Lipinski definition) is 3. The summed E-state index contributed by atoms with van der Waals surface area (Å²) in [7, 11) is 0. The van der Waals surface area contributed by atoms with Gasteiger partial charge in [0.05, 0.1) is 5.69 Å². The van der Waals surface area contributed by atoms with Gasteiger partial charge >= 0.3 is 0 Å². The number of para-hydroxylation sites is 1. The van der Waals surface area contributed by atoms with E-state index in [2.05, 4.69) is 0 Å². The van der Waals surface area contributed by atoms with Crippen LogP contribution in [-0.4, -0.2) is 4.57 Å². The topological polar surface area (TPSA) is 65.7 Å². The maximum atomic E-state index is 8.78. The zero-order valence-corrected chi connectivity index (χ0v) is 11.6. The summed E-state index contributed by atoms with van der Waals surface area (Å²) in [6, 6.07) is 21.0. The van der Waals surface area contributed by atoms with Crippen molar-refractivity contribution in [1.29, 1.82) is 10.5 Å². The molecule has 0 N–H and O–H groups in total. The Balaban J connectivity index is 2.00. The molecular formula is C18H11N3O. The van der Waals surface area contributed by atoms with Gasteiger partial charge in [0.15, 0.2) is 5.76 Å². The summed E-state index contributed by atoms with van der Waals surface area (Å²) < 4.78 is 7.74. The van der Waals surface area contributed by atoms with Crippen molar-refractivity contribution in [3.63, 3.8) is 0 Å². The first-order valence-corrected chi connectivity index (χ1v) is 6.66. The summed E-state index contributed by atoms with van der Waals surface area (Å²) in [5.74, 6) is 1.16. The molecule has 3 rings (SSSR count). The molecule has 104 valence electrons. The van der Waals surface area contributed by atoms with E-state index in [0.29, 0.717) is 11.5 Å². The Morgan fingerprint density at radius 1 is 0.955 bits per heavy atom. The Hall–Kier alpha value is -3.50. The van der Waals surface area contributed by atoms with Crippen LogP contribution in [0.2, 0.25) is 0 Å². The first-order valence-electron chi connectivity index (χ1n) is 6.66. The monoisotopic (exact) mass is 285 g/mol. The van der Waals surface area contributed by atoms with Gasteiger partial charge in [-0.05, 0) is 36.4 Å². The Morgan fingerprint density at radius 2 is 1.73 bits per heavy atom. The largest absolute Gasteiger partial charge is 0.455 e. The van der Waals surface area contributed by atoms with E-state index in [-0.39, 0.29) is 5.57 Å². The van der Waals surface area contributed by atoms with Crippen LogP contribution in [0.5, 0.6) is 0 Å². The average Bonchev–Trinajstić information content (AvgIpc) is 3.22. The second-order valence-electron chi connectivity index (χ2n) is 4.58. The number of rotatable bonds is 3. The van der Waals surface area contributed by atoms with Crippen LogP contribution in [0, 0.1) is 22.7 Å². The third kappa shape index (κ3) is 2.54. The molecule has 0 radical (unpaired) electrons. The summed E-state index contributed by atoms with van der Waals surface area (Å²) in [6.07, 6.45) is 3.39. The fourth-order valence-corrected chi connectivity index (χ4v) is 2.20. The van der Waals surface area contributed by atoms with Crippen LogP contribution in [0.15, 0.2) is 70.8 Å². The van der Waals surface area contributed by atoms with Crippen LogP contribution in [0.4, 0.5) is 0 Å². The highest BCUT2D eigenvalue weighted by Crippen LogP contribution is 2.26. The van der Waals surface area contributed by atoms with E-state index in [4.69, 9.17) is 14.9 Å². The number of furan rings is 1. The molecule has 0 saturated heterocycles. The van der Waals surface area contributed by atoms with Crippen molar-refractivity contribution in [1.82, 2.24) is 4.57 Å². The van der Waals surface area contributed by atoms with Crippen molar-refractivity contribution in [2.24, 2.45) is 0 Å². The fraction of sp³-hybridized carbons (Fsp3) is 0. The molecule has 3 aromatic rings. The van der Waals surface area contributed by atoms with E-state index >= 15 is 0 Å². The lowest BCUT2D eigenvalue weighted by atomic mass is 10.2. The molecule has 0 saturated carbocycles. The minimum Gasteiger partial charge on any atom is -0.455 e. The van der Waals surface area contributed by atoms with Gasteiger partial charge in [-0.3, -0.25) is 0 Å². The lowest BCUT2D eigenvalue weighted by Crippen LogP contribution is -1.93. The zero-order chi connectivity index (χ0) is 15.4. The van der Waals surface area contributed by atoms with Gasteiger partial charge in [-0.2, -0.15) is 10.5 Å². The number of benzene rings is 1. The molecule has 0 aliphatic heterocycles. The number of nitriles is 2. The Bertz CT molecular complexity index is 886. The highest BCUT2D eigenvalue weighted by atomic mass is 16.3. The summed E-state index contributed by atoms with van der Waals surface area (Å²) in [5, 5.41) is 17.6. The van der Waals surface area contributed by atoms with Gasteiger partial charge in [0.1, 0.15) is 23.5 Å². The van der Waals surface area contributed by atoms with Crippen molar-refractivity contribution in [3.05, 3.63) is 72.1 Å². The molecule has 0 amide bonds. The fourth-order valence-electron chi connectivity index (χ4n) is 2.20. The lowest BCUT2D eigenvalue weighted by Gasteiger charge is -2.06. The maximum absolute atomic E-state index is 8.78. The molecule has 0 atom stereocenters. The molecule has 0 bridgehead atoms. The first-order chi connectivity index (χ1) is 10.8. The van der Waals surface area contributed by atoms with E-state index < -0.39 is 0 Å². The van der Waals surface area contributed by atoms with E-state index in [0.717, 1.165) is 11.4 Å². The van der Waals surface area contributed by atoms with Crippen LogP contribution in [0.1, 0.15) is 5.76 Å². The van der Waals surface area contributed by atoms with Gasteiger partial charge in [-0.25, -0.2) is 0 Å². The second kappa shape index (κ2) is 5.87. The zero-order valence-electron chi connectivity index (χ0n) is 11.6. The number of hydrogen-bond donors (Lipinski definition) is 0. The van der Waals surface area contributed by atoms with Crippen LogP contribution >= 0.6 is 0 Å². The third-order valence-corrected chi connectivity index (χ3v) is 3.19. The Morgan fingerprint density at radius 3 is 2.45 bits per heavy atom. The van der Waals surface area contributed by atoms with Crippen LogP contribution in [0.3, 0.4) is 0 Å². The molecule has 4 heteroatoms. The second-order valence-corrected chi connectivity index (χ2v) is 4.58. The molecule has 1 aromatic carbocycles. The molecule has 0 spiro atoms. The van der Waals surface area contributed by atoms with Gasteiger partial charge in [0.25, 0.3) is 0 Å². The van der Waals surface area contributed by atoms with Gasteiger partial charge < -0.3 is 8.98 Å². The quantitative estimate of drug-likeness (QED) is 0.678. The molecule has 0 unspecified atom stereocenters. The SMILES string of the molecule is N#CC(C#N)=Cc1ccc(-c2cccn2-c2ccccc2)o1. The highest BCUT2D eigenvalue weighted by molar-refractivity contribution is 5.63. The van der Waals surface area contributed by atoms with Crippen LogP contribution in [-0.2, 0) is 0 Å². The molecule has 22 heavy (non-hydrogen) atoms. The minimum atomic E-state index is 0.0133. The predicted octanol–water partition coefficient (Wildman–Crippen LogP) is 4.17. The lowest BCUT2D eigenvalue weighted by molar-refractivity contribution is 0.568. The molecule has 0 aliphatic rings. The molecule has 0 fully saturated rings. The van der Waals surface area contributed by atoms with Gasteiger partial charge in [-0.1, -0.05) is 18.2 Å². The molecule has 0 aliphatic carbocycles. The molecule has 4 nitrogen and oxygen atoms in total. The van der Waals surface area contributed by atoms with Crippen LogP contribution in [0.25, 0.3) is 23.2 Å². The summed E-state index contributed by atoms with van der Waals surface area (Å²) in [6.45, 7) is 0. The summed E-state index contributed by atoms with van der Waals surface area (Å²) in [4.78, 5) is 0. The Kier molecular flexibility index (Phi) is 3.59. The van der Waals surface area contributed by atoms with Crippen molar-refractivity contribution in [2.45, 2.75) is 0 Å². The molecule has 2 heterocycles. The van der Waals surface area contributed by atoms with E-state index in [1.54, 1.807) is 6.07 Å². The van der Waals surface area contributed by atoms with Crippen molar-refractivity contribution < 1.29 is 4.42 Å². The smallest absolute Gasteiger partial charge is 0.151 e. The van der Waals surface area contributed by atoms with Crippen molar-refractivity contribution >= 4 is 6.08 Å². The third-order valence-electron chi connectivity index (χ3n) is 3.19. The number of allylic oxidation sites excluding steroid dienone is 1. The molecular weight excluding hydrogens is 274 g/mol. The predicted molar refractivity (Wildman–Crippen MR) is 82.7 cm³/mol. The number of nitrogens with zero attached hydrogens (tertiary/aromatic N) is 3. The number of aromatic nitrogens is 1. The van der Waals surface area contributed by atoms with E-state index in [9.17, 15) is 0 Å². The normalized spacial score (nSPS) is 9.73. The first kappa shape index (κ1) is 13.5. The minimum absolute atomic E-state index is 0.0133. The van der Waals surface area contributed by atoms with Gasteiger partial charge in [0, 0.05) is 18.0 Å². The van der Waals surface area contributed by atoms with Crippen molar-refractivity contribution in [3.8, 4) is 29.3 Å². The van der Waals surface area contributed by atoms with E-state index in [1.165, 1.54) is 6.08 Å². The van der Waals surface area contributed by atoms with E-state index in [1.807, 2.05) is 71.4 Å². The highest BCUT2D eigenvalue weighted by Gasteiger charge is 2.10. The standard InChI is InChI=1S/C18H11N3O/c19-12-14(13-20)11-16-8-9-18(22-16)17-7-4-10-21(17)15-5-2-1-3-6-15/h1-11H. The van der Waals surface area contributed by atoms with Crippen molar-refractivity contribution in [2.75, 3.05) is 0 Å². The van der Waals surface area contributed by atoms with Crippen LogP contribution < -0.4 is 0 Å². The van der Waals surface area contributed by atoms with Gasteiger partial charge in [-0.15, -0.1) is 0 Å². The summed E-state index contributed by atoms with van der Waals surface area (Å²) in [5.41, 5.74) is 1.95. The average molecular weight is 285 g/mol.